The minimum atomic E-state index is -0.355. The largest absolute Gasteiger partial charge is 0.347 e. The monoisotopic (exact) mass is 263 g/mol. The fraction of sp³-hybridized carbons (Fsp3) is 0.0833. The molecular formula is C12H10ClN3O2. The summed E-state index contributed by atoms with van der Waals surface area (Å²) in [5.41, 5.74) is 0.707. The zero-order valence-electron chi connectivity index (χ0n) is 9.31. The standard InChI is InChI=1S/C12H10ClN3O2/c13-9-3-1-2-8(4-9)5-16-12(18)10-6-15-11(17)7-14-10/h1-4,6-7H,5H2,(H,15,17)(H,16,18). The first-order valence-electron chi connectivity index (χ1n) is 5.22. The number of nitrogens with zero attached hydrogens (tertiary/aromatic N) is 1. The molecule has 1 amide bonds. The third kappa shape index (κ3) is 3.18. The van der Waals surface area contributed by atoms with Crippen molar-refractivity contribution in [3.63, 3.8) is 0 Å². The molecule has 5 nitrogen and oxygen atoms in total. The van der Waals surface area contributed by atoms with Gasteiger partial charge in [-0.1, -0.05) is 23.7 Å². The molecular weight excluding hydrogens is 254 g/mol. The number of carbonyl (C=O) groups is 1. The quantitative estimate of drug-likeness (QED) is 0.878. The lowest BCUT2D eigenvalue weighted by Gasteiger charge is -2.04. The molecule has 0 aliphatic carbocycles. The Balaban J connectivity index is 2.00. The Bertz CT molecular complexity index is 604. The van der Waals surface area contributed by atoms with E-state index in [4.69, 9.17) is 11.6 Å². The van der Waals surface area contributed by atoms with Crippen LogP contribution in [0.15, 0.2) is 41.5 Å². The van der Waals surface area contributed by atoms with Gasteiger partial charge in [0, 0.05) is 17.8 Å². The maximum atomic E-state index is 11.7. The molecule has 6 heteroatoms. The summed E-state index contributed by atoms with van der Waals surface area (Å²) in [7, 11) is 0. The van der Waals surface area contributed by atoms with Gasteiger partial charge in [0.25, 0.3) is 11.5 Å². The van der Waals surface area contributed by atoms with E-state index in [9.17, 15) is 9.59 Å². The third-order valence-corrected chi connectivity index (χ3v) is 2.48. The van der Waals surface area contributed by atoms with E-state index in [0.29, 0.717) is 11.6 Å². The van der Waals surface area contributed by atoms with E-state index in [1.807, 2.05) is 12.1 Å². The molecule has 2 rings (SSSR count). The number of aromatic nitrogens is 2. The van der Waals surface area contributed by atoms with Crippen LogP contribution in [0, 0.1) is 0 Å². The van der Waals surface area contributed by atoms with Crippen molar-refractivity contribution in [2.24, 2.45) is 0 Å². The molecule has 1 aromatic heterocycles. The average Bonchev–Trinajstić information content (AvgIpc) is 2.37. The summed E-state index contributed by atoms with van der Waals surface area (Å²) in [6.07, 6.45) is 2.34. The van der Waals surface area contributed by atoms with E-state index in [2.05, 4.69) is 15.3 Å². The number of benzene rings is 1. The molecule has 0 aliphatic heterocycles. The summed E-state index contributed by atoms with van der Waals surface area (Å²) in [5.74, 6) is -0.355. The first-order chi connectivity index (χ1) is 8.65. The van der Waals surface area contributed by atoms with E-state index in [1.54, 1.807) is 12.1 Å². The molecule has 92 valence electrons. The third-order valence-electron chi connectivity index (χ3n) is 2.25. The van der Waals surface area contributed by atoms with Crippen LogP contribution >= 0.6 is 11.6 Å². The maximum absolute atomic E-state index is 11.7. The van der Waals surface area contributed by atoms with Crippen LogP contribution in [0.3, 0.4) is 0 Å². The van der Waals surface area contributed by atoms with Crippen LogP contribution in [-0.4, -0.2) is 15.9 Å². The van der Waals surface area contributed by atoms with Gasteiger partial charge in [0.1, 0.15) is 5.69 Å². The highest BCUT2D eigenvalue weighted by atomic mass is 35.5. The molecule has 0 spiro atoms. The zero-order valence-corrected chi connectivity index (χ0v) is 10.1. The van der Waals surface area contributed by atoms with Crippen molar-refractivity contribution in [2.45, 2.75) is 6.54 Å². The molecule has 2 aromatic rings. The number of aromatic amines is 1. The van der Waals surface area contributed by atoms with E-state index in [0.717, 1.165) is 11.8 Å². The number of halogens is 1. The van der Waals surface area contributed by atoms with E-state index in [-0.39, 0.29) is 17.2 Å². The molecule has 1 heterocycles. The van der Waals surface area contributed by atoms with Gasteiger partial charge in [-0.25, -0.2) is 4.98 Å². The molecule has 18 heavy (non-hydrogen) atoms. The van der Waals surface area contributed by atoms with Gasteiger partial charge in [-0.15, -0.1) is 0 Å². The number of hydrogen-bond acceptors (Lipinski definition) is 3. The minimum Gasteiger partial charge on any atom is -0.347 e. The van der Waals surface area contributed by atoms with Crippen LogP contribution < -0.4 is 10.9 Å². The molecule has 1 aromatic carbocycles. The Labute approximate surface area is 108 Å². The second kappa shape index (κ2) is 5.46. The van der Waals surface area contributed by atoms with Crippen LogP contribution in [0.1, 0.15) is 16.1 Å². The van der Waals surface area contributed by atoms with Crippen molar-refractivity contribution < 1.29 is 4.79 Å². The second-order valence-electron chi connectivity index (χ2n) is 3.61. The number of carbonyl (C=O) groups excluding carboxylic acids is 1. The normalized spacial score (nSPS) is 10.1. The van der Waals surface area contributed by atoms with Gasteiger partial charge in [-0.2, -0.15) is 0 Å². The fourth-order valence-electron chi connectivity index (χ4n) is 1.39. The first-order valence-corrected chi connectivity index (χ1v) is 5.60. The van der Waals surface area contributed by atoms with Crippen molar-refractivity contribution >= 4 is 17.5 Å². The van der Waals surface area contributed by atoms with Gasteiger partial charge >= 0.3 is 0 Å². The summed E-state index contributed by atoms with van der Waals surface area (Å²) >= 11 is 5.83. The molecule has 0 unspecified atom stereocenters. The van der Waals surface area contributed by atoms with E-state index < -0.39 is 0 Å². The van der Waals surface area contributed by atoms with Crippen LogP contribution in [0.5, 0.6) is 0 Å². The summed E-state index contributed by atoms with van der Waals surface area (Å²) in [6, 6.07) is 7.19. The Kier molecular flexibility index (Phi) is 3.74. The summed E-state index contributed by atoms with van der Waals surface area (Å²) in [4.78, 5) is 28.6. The van der Waals surface area contributed by atoms with Crippen LogP contribution in [0.2, 0.25) is 5.02 Å². The topological polar surface area (TPSA) is 74.8 Å². The van der Waals surface area contributed by atoms with Crippen LogP contribution in [-0.2, 0) is 6.54 Å². The van der Waals surface area contributed by atoms with Crippen molar-refractivity contribution in [1.82, 2.24) is 15.3 Å². The lowest BCUT2D eigenvalue weighted by atomic mass is 10.2. The van der Waals surface area contributed by atoms with E-state index >= 15 is 0 Å². The Morgan fingerprint density at radius 3 is 2.94 bits per heavy atom. The van der Waals surface area contributed by atoms with Gasteiger partial charge in [-0.05, 0) is 17.7 Å². The van der Waals surface area contributed by atoms with E-state index in [1.165, 1.54) is 6.20 Å². The van der Waals surface area contributed by atoms with Crippen molar-refractivity contribution in [3.8, 4) is 0 Å². The van der Waals surface area contributed by atoms with Gasteiger partial charge in [0.05, 0.1) is 6.20 Å². The second-order valence-corrected chi connectivity index (χ2v) is 4.05. The van der Waals surface area contributed by atoms with Crippen molar-refractivity contribution in [1.29, 1.82) is 0 Å². The lowest BCUT2D eigenvalue weighted by molar-refractivity contribution is 0.0945. The number of hydrogen-bond donors (Lipinski definition) is 2. The Morgan fingerprint density at radius 2 is 2.28 bits per heavy atom. The molecule has 0 bridgehead atoms. The predicted molar refractivity (Wildman–Crippen MR) is 67.5 cm³/mol. The Morgan fingerprint density at radius 1 is 1.44 bits per heavy atom. The van der Waals surface area contributed by atoms with Crippen molar-refractivity contribution in [2.75, 3.05) is 0 Å². The molecule has 2 N–H and O–H groups in total. The van der Waals surface area contributed by atoms with Crippen LogP contribution in [0.25, 0.3) is 0 Å². The van der Waals surface area contributed by atoms with Gasteiger partial charge in [0.15, 0.2) is 0 Å². The number of rotatable bonds is 3. The molecule has 0 atom stereocenters. The minimum absolute atomic E-state index is 0.164. The highest BCUT2D eigenvalue weighted by Gasteiger charge is 2.06. The van der Waals surface area contributed by atoms with Crippen LogP contribution in [0.4, 0.5) is 0 Å². The number of H-pyrrole nitrogens is 1. The average molecular weight is 264 g/mol. The SMILES string of the molecule is O=C(NCc1cccc(Cl)c1)c1c[nH]c(=O)cn1. The predicted octanol–water partition coefficient (Wildman–Crippen LogP) is 1.35. The van der Waals surface area contributed by atoms with Gasteiger partial charge in [-0.3, -0.25) is 9.59 Å². The number of nitrogens with one attached hydrogen (secondary N) is 2. The molecule has 0 saturated carbocycles. The first kappa shape index (κ1) is 12.3. The molecule has 0 saturated heterocycles. The Hall–Kier alpha value is -2.14. The number of amides is 1. The summed E-state index contributed by atoms with van der Waals surface area (Å²) in [6.45, 7) is 0.347. The molecule has 0 aliphatic rings. The van der Waals surface area contributed by atoms with Gasteiger partial charge in [0.2, 0.25) is 0 Å². The van der Waals surface area contributed by atoms with Gasteiger partial charge < -0.3 is 10.3 Å². The summed E-state index contributed by atoms with van der Waals surface area (Å²) < 4.78 is 0. The molecule has 0 radical (unpaired) electrons. The fourth-order valence-corrected chi connectivity index (χ4v) is 1.60. The highest BCUT2D eigenvalue weighted by molar-refractivity contribution is 6.30. The smallest absolute Gasteiger partial charge is 0.271 e. The maximum Gasteiger partial charge on any atom is 0.271 e. The zero-order chi connectivity index (χ0) is 13.0. The lowest BCUT2D eigenvalue weighted by Crippen LogP contribution is -2.25. The van der Waals surface area contributed by atoms with Crippen molar-refractivity contribution in [3.05, 3.63) is 63.3 Å². The highest BCUT2D eigenvalue weighted by Crippen LogP contribution is 2.10. The molecule has 0 fully saturated rings. The summed E-state index contributed by atoms with van der Waals surface area (Å²) in [5, 5.41) is 3.29.